The SMILES string of the molecule is O=C1CCCC1C1CC(=O)N(c2ccccc2)C1=O. The first-order valence-corrected chi connectivity index (χ1v) is 6.63. The molecular formula is C15H15NO3. The number of rotatable bonds is 2. The van der Waals surface area contributed by atoms with Gasteiger partial charge in [0, 0.05) is 18.8 Å². The molecule has 0 aromatic heterocycles. The Morgan fingerprint density at radius 2 is 1.74 bits per heavy atom. The Bertz CT molecular complexity index is 538. The maximum atomic E-state index is 12.4. The number of anilines is 1. The molecule has 1 aromatic carbocycles. The lowest BCUT2D eigenvalue weighted by atomic mass is 9.89. The average molecular weight is 257 g/mol. The first-order valence-electron chi connectivity index (χ1n) is 6.63. The molecule has 0 spiro atoms. The molecule has 3 rings (SSSR count). The Kier molecular flexibility index (Phi) is 2.93. The molecule has 1 saturated heterocycles. The number of imide groups is 1. The summed E-state index contributed by atoms with van der Waals surface area (Å²) >= 11 is 0. The van der Waals surface area contributed by atoms with Crippen LogP contribution in [0.2, 0.25) is 0 Å². The first-order chi connectivity index (χ1) is 9.18. The Labute approximate surface area is 111 Å². The third-order valence-electron chi connectivity index (χ3n) is 4.03. The van der Waals surface area contributed by atoms with Gasteiger partial charge in [0.1, 0.15) is 5.78 Å². The molecule has 2 atom stereocenters. The van der Waals surface area contributed by atoms with Gasteiger partial charge in [0.25, 0.3) is 0 Å². The van der Waals surface area contributed by atoms with Crippen LogP contribution in [0.4, 0.5) is 5.69 Å². The van der Waals surface area contributed by atoms with Gasteiger partial charge in [-0.25, -0.2) is 0 Å². The van der Waals surface area contributed by atoms with Crippen molar-refractivity contribution in [3.8, 4) is 0 Å². The first kappa shape index (κ1) is 12.1. The van der Waals surface area contributed by atoms with Gasteiger partial charge in [-0.05, 0) is 25.0 Å². The second kappa shape index (κ2) is 4.61. The van der Waals surface area contributed by atoms with Crippen molar-refractivity contribution < 1.29 is 14.4 Å². The Balaban J connectivity index is 1.87. The summed E-state index contributed by atoms with van der Waals surface area (Å²) in [6.07, 6.45) is 2.30. The third-order valence-corrected chi connectivity index (χ3v) is 4.03. The van der Waals surface area contributed by atoms with E-state index in [0.717, 1.165) is 12.8 Å². The van der Waals surface area contributed by atoms with Crippen molar-refractivity contribution >= 4 is 23.3 Å². The van der Waals surface area contributed by atoms with E-state index in [1.54, 1.807) is 24.3 Å². The van der Waals surface area contributed by atoms with Crippen LogP contribution >= 0.6 is 0 Å². The molecule has 1 aromatic rings. The minimum atomic E-state index is -0.442. The maximum absolute atomic E-state index is 12.4. The molecule has 19 heavy (non-hydrogen) atoms. The van der Waals surface area contributed by atoms with Crippen LogP contribution < -0.4 is 4.90 Å². The molecular weight excluding hydrogens is 242 g/mol. The van der Waals surface area contributed by atoms with E-state index in [1.165, 1.54) is 4.90 Å². The maximum Gasteiger partial charge on any atom is 0.238 e. The van der Waals surface area contributed by atoms with Gasteiger partial charge in [-0.1, -0.05) is 18.2 Å². The molecule has 98 valence electrons. The number of nitrogens with zero attached hydrogens (tertiary/aromatic N) is 1. The minimum absolute atomic E-state index is 0.140. The van der Waals surface area contributed by atoms with Crippen molar-refractivity contribution in [1.29, 1.82) is 0 Å². The molecule has 1 aliphatic carbocycles. The fourth-order valence-electron chi connectivity index (χ4n) is 3.09. The molecule has 1 heterocycles. The lowest BCUT2D eigenvalue weighted by Gasteiger charge is -2.17. The predicted molar refractivity (Wildman–Crippen MR) is 69.4 cm³/mol. The highest BCUT2D eigenvalue weighted by Crippen LogP contribution is 2.37. The molecule has 2 fully saturated rings. The van der Waals surface area contributed by atoms with Crippen molar-refractivity contribution in [2.24, 2.45) is 11.8 Å². The zero-order chi connectivity index (χ0) is 13.4. The number of carbonyl (C=O) groups excluding carboxylic acids is 3. The summed E-state index contributed by atoms with van der Waals surface area (Å²) in [5, 5.41) is 0. The quantitative estimate of drug-likeness (QED) is 0.761. The molecule has 0 radical (unpaired) electrons. The van der Waals surface area contributed by atoms with E-state index in [-0.39, 0.29) is 29.9 Å². The smallest absolute Gasteiger partial charge is 0.238 e. The monoisotopic (exact) mass is 257 g/mol. The number of hydrogen-bond donors (Lipinski definition) is 0. The van der Waals surface area contributed by atoms with E-state index >= 15 is 0 Å². The second-order valence-electron chi connectivity index (χ2n) is 5.18. The van der Waals surface area contributed by atoms with Crippen LogP contribution in [0.5, 0.6) is 0 Å². The molecule has 4 heteroatoms. The topological polar surface area (TPSA) is 54.5 Å². The highest BCUT2D eigenvalue weighted by molar-refractivity contribution is 6.21. The van der Waals surface area contributed by atoms with E-state index < -0.39 is 5.92 Å². The van der Waals surface area contributed by atoms with Crippen LogP contribution in [0.15, 0.2) is 30.3 Å². The molecule has 4 nitrogen and oxygen atoms in total. The zero-order valence-electron chi connectivity index (χ0n) is 10.5. The fraction of sp³-hybridized carbons (Fsp3) is 0.400. The van der Waals surface area contributed by atoms with Gasteiger partial charge in [-0.15, -0.1) is 0 Å². The summed E-state index contributed by atoms with van der Waals surface area (Å²) < 4.78 is 0. The van der Waals surface area contributed by atoms with Crippen molar-refractivity contribution in [3.63, 3.8) is 0 Å². The normalized spacial score (nSPS) is 27.4. The van der Waals surface area contributed by atoms with Crippen molar-refractivity contribution in [2.75, 3.05) is 4.90 Å². The van der Waals surface area contributed by atoms with Crippen molar-refractivity contribution in [3.05, 3.63) is 30.3 Å². The van der Waals surface area contributed by atoms with E-state index in [4.69, 9.17) is 0 Å². The number of carbonyl (C=O) groups is 3. The zero-order valence-corrected chi connectivity index (χ0v) is 10.5. The second-order valence-corrected chi connectivity index (χ2v) is 5.18. The summed E-state index contributed by atoms with van der Waals surface area (Å²) in [6.45, 7) is 0. The van der Waals surface area contributed by atoms with Crippen LogP contribution in [0.25, 0.3) is 0 Å². The lowest BCUT2D eigenvalue weighted by molar-refractivity contribution is -0.129. The van der Waals surface area contributed by atoms with Gasteiger partial charge in [-0.2, -0.15) is 0 Å². The van der Waals surface area contributed by atoms with Gasteiger partial charge in [0.2, 0.25) is 11.8 Å². The highest BCUT2D eigenvalue weighted by Gasteiger charge is 2.46. The summed E-state index contributed by atoms with van der Waals surface area (Å²) in [5.74, 6) is -0.953. The van der Waals surface area contributed by atoms with Gasteiger partial charge < -0.3 is 0 Å². The van der Waals surface area contributed by atoms with Gasteiger partial charge in [0.05, 0.1) is 11.6 Å². The number of hydrogen-bond acceptors (Lipinski definition) is 3. The van der Waals surface area contributed by atoms with Gasteiger partial charge in [-0.3, -0.25) is 19.3 Å². The number of Topliss-reactive ketones (excluding diaryl/α,β-unsaturated/α-hetero) is 1. The van der Waals surface area contributed by atoms with E-state index in [9.17, 15) is 14.4 Å². The number of amides is 2. The van der Waals surface area contributed by atoms with Gasteiger partial charge in [0.15, 0.2) is 0 Å². The van der Waals surface area contributed by atoms with Crippen LogP contribution in [0, 0.1) is 11.8 Å². The van der Waals surface area contributed by atoms with E-state index in [0.29, 0.717) is 12.1 Å². The van der Waals surface area contributed by atoms with E-state index in [2.05, 4.69) is 0 Å². The molecule has 2 amide bonds. The van der Waals surface area contributed by atoms with Crippen LogP contribution in [0.1, 0.15) is 25.7 Å². The van der Waals surface area contributed by atoms with E-state index in [1.807, 2.05) is 6.07 Å². The highest BCUT2D eigenvalue weighted by atomic mass is 16.2. The number of benzene rings is 1. The predicted octanol–water partition coefficient (Wildman–Crippen LogP) is 1.94. The average Bonchev–Trinajstić information content (AvgIpc) is 2.94. The molecule has 0 bridgehead atoms. The standard InChI is InChI=1S/C15H15NO3/c17-13-8-4-7-11(13)12-9-14(18)16(15(12)19)10-5-2-1-3-6-10/h1-3,5-6,11-12H,4,7-9H2. The minimum Gasteiger partial charge on any atom is -0.299 e. The van der Waals surface area contributed by atoms with Crippen molar-refractivity contribution in [1.82, 2.24) is 0 Å². The molecule has 2 unspecified atom stereocenters. The largest absolute Gasteiger partial charge is 0.299 e. The van der Waals surface area contributed by atoms with Crippen LogP contribution in [0.3, 0.4) is 0 Å². The summed E-state index contributed by atoms with van der Waals surface area (Å²) in [7, 11) is 0. The fourth-order valence-corrected chi connectivity index (χ4v) is 3.09. The van der Waals surface area contributed by atoms with Crippen LogP contribution in [-0.2, 0) is 14.4 Å². The Morgan fingerprint density at radius 1 is 1.00 bits per heavy atom. The molecule has 1 saturated carbocycles. The summed E-state index contributed by atoms with van der Waals surface area (Å²) in [4.78, 5) is 37.5. The lowest BCUT2D eigenvalue weighted by Crippen LogP contribution is -2.33. The number of para-hydroxylation sites is 1. The third kappa shape index (κ3) is 1.97. The van der Waals surface area contributed by atoms with Crippen molar-refractivity contribution in [2.45, 2.75) is 25.7 Å². The Hall–Kier alpha value is -1.97. The molecule has 1 aliphatic heterocycles. The van der Waals surface area contributed by atoms with Crippen LogP contribution in [-0.4, -0.2) is 17.6 Å². The summed E-state index contributed by atoms with van der Waals surface area (Å²) in [5.41, 5.74) is 0.602. The Morgan fingerprint density at radius 3 is 2.37 bits per heavy atom. The molecule has 0 N–H and O–H groups in total. The molecule has 2 aliphatic rings. The van der Waals surface area contributed by atoms with Gasteiger partial charge >= 0.3 is 0 Å². The summed E-state index contributed by atoms with van der Waals surface area (Å²) in [6, 6.07) is 8.92. The number of ketones is 1.